The maximum atomic E-state index is 12.0. The minimum Gasteiger partial charge on any atom is -0.394 e. The van der Waals surface area contributed by atoms with Gasteiger partial charge in [0.05, 0.1) is 12.1 Å². The molecule has 0 atom stereocenters. The zero-order valence-corrected chi connectivity index (χ0v) is 13.3. The van der Waals surface area contributed by atoms with Crippen molar-refractivity contribution < 1.29 is 9.90 Å². The van der Waals surface area contributed by atoms with Crippen LogP contribution < -0.4 is 5.32 Å². The smallest absolute Gasteiger partial charge is 0.244 e. The van der Waals surface area contributed by atoms with Gasteiger partial charge >= 0.3 is 0 Å². The Morgan fingerprint density at radius 3 is 2.62 bits per heavy atom. The van der Waals surface area contributed by atoms with Crippen LogP contribution in [0.3, 0.4) is 0 Å². The molecule has 1 saturated carbocycles. The maximum absolute atomic E-state index is 12.0. The van der Waals surface area contributed by atoms with Crippen molar-refractivity contribution in [3.05, 3.63) is 39.9 Å². The first-order chi connectivity index (χ1) is 10.0. The van der Waals surface area contributed by atoms with Gasteiger partial charge in [-0.15, -0.1) is 0 Å². The van der Waals surface area contributed by atoms with E-state index in [-0.39, 0.29) is 12.5 Å². The minimum atomic E-state index is -0.469. The normalized spacial score (nSPS) is 17.9. The Kier molecular flexibility index (Phi) is 5.68. The molecule has 2 N–H and O–H groups in total. The summed E-state index contributed by atoms with van der Waals surface area (Å²) in [6, 6.07) is 5.12. The van der Waals surface area contributed by atoms with Crippen molar-refractivity contribution in [3.8, 4) is 0 Å². The quantitative estimate of drug-likeness (QED) is 0.826. The summed E-state index contributed by atoms with van der Waals surface area (Å²) in [6.45, 7) is -0.0196. The van der Waals surface area contributed by atoms with Crippen LogP contribution in [0.2, 0.25) is 10.0 Å². The number of amides is 1. The second-order valence-electron chi connectivity index (χ2n) is 5.49. The average Bonchev–Trinajstić information content (AvgIpc) is 2.47. The molecule has 1 aromatic rings. The Balaban J connectivity index is 2.01. The fraction of sp³-hybridized carbons (Fsp3) is 0.438. The molecule has 1 aliphatic rings. The molecule has 1 aromatic carbocycles. The van der Waals surface area contributed by atoms with E-state index < -0.39 is 5.54 Å². The van der Waals surface area contributed by atoms with Crippen molar-refractivity contribution in [1.82, 2.24) is 5.32 Å². The molecule has 0 aliphatic heterocycles. The van der Waals surface area contributed by atoms with Gasteiger partial charge in [-0.05, 0) is 36.6 Å². The summed E-state index contributed by atoms with van der Waals surface area (Å²) in [5.41, 5.74) is 0.265. The number of hydrogen-bond donors (Lipinski definition) is 2. The molecule has 114 valence electrons. The van der Waals surface area contributed by atoms with E-state index in [1.165, 1.54) is 6.08 Å². The summed E-state index contributed by atoms with van der Waals surface area (Å²) in [5.74, 6) is -0.211. The maximum Gasteiger partial charge on any atom is 0.244 e. The van der Waals surface area contributed by atoms with E-state index in [2.05, 4.69) is 5.32 Å². The highest BCUT2D eigenvalue weighted by Crippen LogP contribution is 2.28. The largest absolute Gasteiger partial charge is 0.394 e. The number of rotatable bonds is 4. The number of aliphatic hydroxyl groups excluding tert-OH is 1. The number of carbonyl (C=O) groups excluding carboxylic acids is 1. The van der Waals surface area contributed by atoms with Gasteiger partial charge in [-0.1, -0.05) is 48.5 Å². The van der Waals surface area contributed by atoms with E-state index in [1.54, 1.807) is 24.3 Å². The van der Waals surface area contributed by atoms with Gasteiger partial charge in [-0.2, -0.15) is 0 Å². The predicted molar refractivity (Wildman–Crippen MR) is 86.5 cm³/mol. The minimum absolute atomic E-state index is 0.0196. The number of carbonyl (C=O) groups is 1. The third kappa shape index (κ3) is 4.47. The van der Waals surface area contributed by atoms with Crippen molar-refractivity contribution in [1.29, 1.82) is 0 Å². The molecule has 1 fully saturated rings. The molecule has 2 rings (SSSR count). The topological polar surface area (TPSA) is 49.3 Å². The molecular weight excluding hydrogens is 309 g/mol. The Morgan fingerprint density at radius 1 is 1.29 bits per heavy atom. The molecule has 0 unspecified atom stereocenters. The van der Waals surface area contributed by atoms with Gasteiger partial charge in [0.25, 0.3) is 0 Å². The van der Waals surface area contributed by atoms with E-state index in [0.29, 0.717) is 10.0 Å². The SMILES string of the molecule is O=C(C=Cc1ccc(Cl)cc1Cl)NC1(CO)CCCCC1. The van der Waals surface area contributed by atoms with Gasteiger partial charge in [0.1, 0.15) is 0 Å². The Labute approximate surface area is 134 Å². The van der Waals surface area contributed by atoms with Gasteiger partial charge in [0, 0.05) is 16.1 Å². The van der Waals surface area contributed by atoms with Gasteiger partial charge < -0.3 is 10.4 Å². The van der Waals surface area contributed by atoms with Crippen molar-refractivity contribution in [2.45, 2.75) is 37.6 Å². The van der Waals surface area contributed by atoms with Crippen LogP contribution in [0.15, 0.2) is 24.3 Å². The van der Waals surface area contributed by atoms with Crippen molar-refractivity contribution in [3.63, 3.8) is 0 Å². The molecule has 0 radical (unpaired) electrons. The number of hydrogen-bond acceptors (Lipinski definition) is 2. The lowest BCUT2D eigenvalue weighted by Crippen LogP contribution is -2.52. The number of nitrogens with one attached hydrogen (secondary N) is 1. The van der Waals surface area contributed by atoms with E-state index in [9.17, 15) is 9.90 Å². The first-order valence-corrected chi connectivity index (χ1v) is 7.86. The molecule has 0 bridgehead atoms. The molecular formula is C16H19Cl2NO2. The van der Waals surface area contributed by atoms with Crippen LogP contribution in [-0.4, -0.2) is 23.2 Å². The van der Waals surface area contributed by atoms with Crippen molar-refractivity contribution in [2.24, 2.45) is 0 Å². The van der Waals surface area contributed by atoms with Crippen LogP contribution in [0.25, 0.3) is 6.08 Å². The standard InChI is InChI=1S/C16H19Cl2NO2/c17-13-6-4-12(14(18)10-13)5-7-15(21)19-16(11-20)8-2-1-3-9-16/h4-7,10,20H,1-3,8-9,11H2,(H,19,21). The van der Waals surface area contributed by atoms with Crippen LogP contribution in [0.5, 0.6) is 0 Å². The summed E-state index contributed by atoms with van der Waals surface area (Å²) in [5, 5.41) is 13.6. The molecule has 0 aromatic heterocycles. The molecule has 3 nitrogen and oxygen atoms in total. The molecule has 0 saturated heterocycles. The third-order valence-corrected chi connectivity index (χ3v) is 4.44. The zero-order chi connectivity index (χ0) is 15.3. The van der Waals surface area contributed by atoms with Crippen LogP contribution in [0.1, 0.15) is 37.7 Å². The molecule has 0 spiro atoms. The monoisotopic (exact) mass is 327 g/mol. The highest BCUT2D eigenvalue weighted by Gasteiger charge is 2.32. The lowest BCUT2D eigenvalue weighted by molar-refractivity contribution is -0.119. The summed E-state index contributed by atoms with van der Waals surface area (Å²) in [4.78, 5) is 12.0. The highest BCUT2D eigenvalue weighted by molar-refractivity contribution is 6.35. The first-order valence-electron chi connectivity index (χ1n) is 7.11. The third-order valence-electron chi connectivity index (χ3n) is 3.88. The lowest BCUT2D eigenvalue weighted by atomic mass is 9.82. The lowest BCUT2D eigenvalue weighted by Gasteiger charge is -2.36. The molecule has 1 amide bonds. The zero-order valence-electron chi connectivity index (χ0n) is 11.7. The van der Waals surface area contributed by atoms with Gasteiger partial charge in [0.2, 0.25) is 5.91 Å². The first kappa shape index (κ1) is 16.3. The average molecular weight is 328 g/mol. The fourth-order valence-corrected chi connectivity index (χ4v) is 3.13. The summed E-state index contributed by atoms with van der Waals surface area (Å²) < 4.78 is 0. The highest BCUT2D eigenvalue weighted by atomic mass is 35.5. The summed E-state index contributed by atoms with van der Waals surface area (Å²) >= 11 is 11.9. The van der Waals surface area contributed by atoms with Gasteiger partial charge in [-0.3, -0.25) is 4.79 Å². The van der Waals surface area contributed by atoms with Crippen molar-refractivity contribution >= 4 is 35.2 Å². The van der Waals surface area contributed by atoms with Crippen LogP contribution in [-0.2, 0) is 4.79 Å². The van der Waals surface area contributed by atoms with E-state index in [0.717, 1.165) is 37.7 Å². The summed E-state index contributed by atoms with van der Waals surface area (Å²) in [6.07, 6.45) is 7.98. The van der Waals surface area contributed by atoms with Crippen molar-refractivity contribution in [2.75, 3.05) is 6.61 Å². The van der Waals surface area contributed by atoms with Crippen LogP contribution in [0, 0.1) is 0 Å². The second kappa shape index (κ2) is 7.30. The number of benzene rings is 1. The number of aliphatic hydroxyl groups is 1. The molecule has 5 heteroatoms. The molecule has 0 heterocycles. The Hall–Kier alpha value is -1.03. The number of halogens is 2. The van der Waals surface area contributed by atoms with E-state index >= 15 is 0 Å². The van der Waals surface area contributed by atoms with E-state index in [1.807, 2.05) is 0 Å². The Bertz CT molecular complexity index is 537. The van der Waals surface area contributed by atoms with Crippen LogP contribution >= 0.6 is 23.2 Å². The molecule has 21 heavy (non-hydrogen) atoms. The van der Waals surface area contributed by atoms with Gasteiger partial charge in [0.15, 0.2) is 0 Å². The predicted octanol–water partition coefficient (Wildman–Crippen LogP) is 3.82. The Morgan fingerprint density at radius 2 is 2.00 bits per heavy atom. The van der Waals surface area contributed by atoms with Gasteiger partial charge in [-0.25, -0.2) is 0 Å². The fourth-order valence-electron chi connectivity index (χ4n) is 2.66. The second-order valence-corrected chi connectivity index (χ2v) is 6.33. The summed E-state index contributed by atoms with van der Waals surface area (Å²) in [7, 11) is 0. The van der Waals surface area contributed by atoms with Crippen LogP contribution in [0.4, 0.5) is 0 Å². The van der Waals surface area contributed by atoms with E-state index in [4.69, 9.17) is 23.2 Å². The molecule has 1 aliphatic carbocycles.